The van der Waals surface area contributed by atoms with Crippen molar-refractivity contribution >= 4 is 20.7 Å². The molecule has 1 aliphatic heterocycles. The van der Waals surface area contributed by atoms with Gasteiger partial charge in [-0.1, -0.05) is 0 Å². The van der Waals surface area contributed by atoms with Crippen LogP contribution in [0.1, 0.15) is 12.8 Å². The van der Waals surface area contributed by atoms with Crippen molar-refractivity contribution in [2.45, 2.75) is 12.8 Å². The molecule has 0 aromatic rings. The molecular formula is C8H12NO3SW-. The van der Waals surface area contributed by atoms with E-state index in [1.807, 2.05) is 0 Å². The van der Waals surface area contributed by atoms with Gasteiger partial charge in [-0.2, -0.15) is 0 Å². The van der Waals surface area contributed by atoms with Gasteiger partial charge in [0.2, 0.25) is 0 Å². The summed E-state index contributed by atoms with van der Waals surface area (Å²) in [5, 5.41) is 0. The number of amides is 1. The predicted molar refractivity (Wildman–Crippen MR) is 49.4 cm³/mol. The molecule has 0 spiro atoms. The number of likely N-dealkylation sites (tertiary alicyclic amines) is 1. The first-order valence-electron chi connectivity index (χ1n) is 4.26. The fourth-order valence-corrected chi connectivity index (χ4v) is 2.44. The van der Waals surface area contributed by atoms with Crippen molar-refractivity contribution < 1.29 is 31.8 Å². The molecule has 14 heavy (non-hydrogen) atoms. The average Bonchev–Trinajstić information content (AvgIpc) is 2.17. The maximum absolute atomic E-state index is 11.5. The molecule has 6 heteroatoms. The van der Waals surface area contributed by atoms with E-state index in [9.17, 15) is 9.59 Å². The zero-order valence-corrected chi connectivity index (χ0v) is 11.4. The Kier molecular flexibility index (Phi) is 4.96. The summed E-state index contributed by atoms with van der Waals surface area (Å²) < 4.78 is 5.07. The van der Waals surface area contributed by atoms with Crippen LogP contribution in [0.2, 0.25) is 0 Å². The zero-order chi connectivity index (χ0) is 10.6. The zero-order valence-electron chi connectivity index (χ0n) is 7.68. The first-order chi connectivity index (χ1) is 6.63. The Morgan fingerprint density at radius 1 is 1.57 bits per heavy atom. The summed E-state index contributed by atoms with van der Waals surface area (Å²) in [6.07, 6.45) is 5.92. The predicted octanol–water partition coefficient (Wildman–Crippen LogP) is 0.835. The molecule has 0 radical (unpaired) electrons. The van der Waals surface area contributed by atoms with Crippen LogP contribution < -0.4 is 0 Å². The number of rotatable bonds is 3. The molecular weight excluding hydrogens is 374 g/mol. The van der Waals surface area contributed by atoms with Crippen molar-refractivity contribution in [3.8, 4) is 0 Å². The molecule has 1 fully saturated rings. The van der Waals surface area contributed by atoms with Crippen LogP contribution in [0, 0.1) is 12.2 Å². The van der Waals surface area contributed by atoms with Crippen molar-refractivity contribution in [2.75, 3.05) is 13.1 Å². The number of hydrogen-bond donors (Lipinski definition) is 0. The number of piperidine rings is 1. The molecule has 1 rings (SSSR count). The minimum atomic E-state index is -0.457. The third-order valence-corrected chi connectivity index (χ3v) is 3.27. The van der Waals surface area contributed by atoms with Crippen LogP contribution in [0.4, 0.5) is 0 Å². The Morgan fingerprint density at radius 2 is 2.14 bits per heavy atom. The van der Waals surface area contributed by atoms with Gasteiger partial charge in [-0.15, -0.1) is 0 Å². The average molecular weight is 386 g/mol. The molecule has 0 aliphatic carbocycles. The second-order valence-corrected chi connectivity index (χ2v) is 7.90. The molecule has 0 bridgehead atoms. The van der Waals surface area contributed by atoms with E-state index in [0.717, 1.165) is 6.41 Å². The summed E-state index contributed by atoms with van der Waals surface area (Å²) in [5.41, 5.74) is 0. The van der Waals surface area contributed by atoms with Gasteiger partial charge in [0.15, 0.2) is 0 Å². The molecule has 1 saturated heterocycles. The normalized spacial score (nSPS) is 20.2. The quantitative estimate of drug-likeness (QED) is 0.534. The van der Waals surface area contributed by atoms with Crippen LogP contribution in [0.25, 0.3) is 0 Å². The standard InChI is InChI=1S/C8H12NO3S.W/c1-13-12-8(11)7-2-4-9(6-10)5-3-7;/h6-7H,1-5H2;/q-1;. The first-order valence-corrected chi connectivity index (χ1v) is 9.10. The molecule has 1 amide bonds. The van der Waals surface area contributed by atoms with Gasteiger partial charge in [0.1, 0.15) is 0 Å². The van der Waals surface area contributed by atoms with Gasteiger partial charge in [-0.05, 0) is 0 Å². The topological polar surface area (TPSA) is 46.6 Å². The molecule has 1 aliphatic rings. The van der Waals surface area contributed by atoms with Crippen LogP contribution in [0.3, 0.4) is 0 Å². The van der Waals surface area contributed by atoms with E-state index in [0.29, 0.717) is 25.9 Å². The van der Waals surface area contributed by atoms with E-state index in [1.54, 1.807) is 4.90 Å². The van der Waals surface area contributed by atoms with E-state index < -0.39 is 8.37 Å². The van der Waals surface area contributed by atoms with E-state index in [-0.39, 0.29) is 11.9 Å². The van der Waals surface area contributed by atoms with Gasteiger partial charge in [-0.25, -0.2) is 0 Å². The number of carbonyl (C=O) groups is 2. The summed E-state index contributed by atoms with van der Waals surface area (Å²) in [6.45, 7) is 1.31. The van der Waals surface area contributed by atoms with Gasteiger partial charge in [0.25, 0.3) is 0 Å². The third kappa shape index (κ3) is 3.62. The molecule has 0 saturated carbocycles. The van der Waals surface area contributed by atoms with Crippen molar-refractivity contribution in [1.29, 1.82) is 0 Å². The number of carbonyl (C=O) groups excluding carboxylic acids is 2. The van der Waals surface area contributed by atoms with Crippen molar-refractivity contribution in [3.63, 3.8) is 0 Å². The molecule has 0 aromatic heterocycles. The summed E-state index contributed by atoms with van der Waals surface area (Å²) in [7, 11) is -0.457. The van der Waals surface area contributed by atoms with Crippen molar-refractivity contribution in [2.24, 2.45) is 5.92 Å². The number of nitrogens with zero attached hydrogens (tertiary/aromatic N) is 1. The van der Waals surface area contributed by atoms with Crippen LogP contribution in [-0.2, 0) is 31.8 Å². The summed E-state index contributed by atoms with van der Waals surface area (Å²) >= 11 is 1.18. The Morgan fingerprint density at radius 3 is 2.57 bits per heavy atom. The van der Waals surface area contributed by atoms with Crippen LogP contribution >= 0.6 is 8.37 Å². The van der Waals surface area contributed by atoms with Gasteiger partial charge < -0.3 is 0 Å². The second-order valence-electron chi connectivity index (χ2n) is 3.12. The monoisotopic (exact) mass is 386 g/mol. The van der Waals surface area contributed by atoms with Crippen LogP contribution in [0.15, 0.2) is 0 Å². The van der Waals surface area contributed by atoms with E-state index in [4.69, 9.17) is 4.18 Å². The molecule has 1 heterocycles. The van der Waals surface area contributed by atoms with Crippen molar-refractivity contribution in [1.82, 2.24) is 4.90 Å². The van der Waals surface area contributed by atoms with Crippen molar-refractivity contribution in [3.05, 3.63) is 6.26 Å². The Hall–Kier alpha value is -0.0217. The minimum absolute atomic E-state index is 0.0395. The Balaban J connectivity index is 2.37. The molecule has 0 aromatic carbocycles. The van der Waals surface area contributed by atoms with Gasteiger partial charge >= 0.3 is 95.5 Å². The fourth-order valence-electron chi connectivity index (χ4n) is 1.40. The summed E-state index contributed by atoms with van der Waals surface area (Å²) in [5.74, 6) is -0.189. The Bertz CT molecular complexity index is 251. The molecule has 1 unspecified atom stereocenters. The molecule has 1 atom stereocenters. The van der Waals surface area contributed by atoms with Gasteiger partial charge in [0, 0.05) is 0 Å². The summed E-state index contributed by atoms with van der Waals surface area (Å²) in [6, 6.07) is 0. The third-order valence-electron chi connectivity index (χ3n) is 2.19. The molecule has 80 valence electrons. The Labute approximate surface area is 95.5 Å². The van der Waals surface area contributed by atoms with E-state index in [2.05, 4.69) is 6.26 Å². The SMILES string of the molecule is [CH2-][S](=[W])OC(=O)C1CCN(C=O)CC1. The van der Waals surface area contributed by atoms with Crippen LogP contribution in [0.5, 0.6) is 0 Å². The number of hydrogen-bond acceptors (Lipinski definition) is 3. The fraction of sp³-hybridized carbons (Fsp3) is 0.625. The van der Waals surface area contributed by atoms with E-state index >= 15 is 0 Å². The second kappa shape index (κ2) is 5.76. The first kappa shape index (κ1) is 12.0. The van der Waals surface area contributed by atoms with Gasteiger partial charge in [0.05, 0.1) is 0 Å². The maximum atomic E-state index is 11.5. The van der Waals surface area contributed by atoms with E-state index in [1.165, 1.54) is 18.0 Å². The van der Waals surface area contributed by atoms with Gasteiger partial charge in [-0.3, -0.25) is 0 Å². The molecule has 4 nitrogen and oxygen atoms in total. The summed E-state index contributed by atoms with van der Waals surface area (Å²) in [4.78, 5) is 23.6. The van der Waals surface area contributed by atoms with Crippen LogP contribution in [-0.4, -0.2) is 30.4 Å². The molecule has 0 N–H and O–H groups in total.